The molecule has 0 bridgehead atoms. The van der Waals surface area contributed by atoms with Crippen LogP contribution in [-0.4, -0.2) is 27.7 Å². The van der Waals surface area contributed by atoms with Crippen LogP contribution in [0.1, 0.15) is 36.4 Å². The zero-order chi connectivity index (χ0) is 21.4. The summed E-state index contributed by atoms with van der Waals surface area (Å²) in [6.07, 6.45) is 2.26. The summed E-state index contributed by atoms with van der Waals surface area (Å²) in [5.74, 6) is 2.39. The molecule has 1 aliphatic heterocycles. The molecule has 3 aromatic rings. The first-order chi connectivity index (χ1) is 15.1. The Kier molecular flexibility index (Phi) is 5.58. The number of benzene rings is 2. The van der Waals surface area contributed by atoms with Crippen LogP contribution in [0.15, 0.2) is 69.4 Å². The Hall–Kier alpha value is -2.58. The van der Waals surface area contributed by atoms with Crippen molar-refractivity contribution in [2.24, 2.45) is 0 Å². The number of carbonyl (C=O) groups is 1. The zero-order valence-electron chi connectivity index (χ0n) is 17.0. The average molecular weight is 497 g/mol. The number of Topliss-reactive ketones (excluding diaryl/α,β-unsaturated/α-hetero) is 1. The Bertz CT molecular complexity index is 1180. The van der Waals surface area contributed by atoms with E-state index in [2.05, 4.69) is 33.4 Å². The van der Waals surface area contributed by atoms with Crippen LogP contribution < -0.4 is 10.1 Å². The molecule has 8 heteroatoms. The van der Waals surface area contributed by atoms with Crippen molar-refractivity contribution in [1.82, 2.24) is 14.8 Å². The smallest absolute Gasteiger partial charge is 0.227 e. The third-order valence-electron chi connectivity index (χ3n) is 5.55. The molecule has 0 fully saturated rings. The fraction of sp³-hybridized carbons (Fsp3) is 0.261. The van der Waals surface area contributed by atoms with Gasteiger partial charge in [0.15, 0.2) is 5.78 Å². The summed E-state index contributed by atoms with van der Waals surface area (Å²) < 4.78 is 8.08. The Labute approximate surface area is 193 Å². The molecule has 2 aromatic carbocycles. The SMILES string of the molecule is COc1ccc([C@H]2C3=C(CCCC3=O)Nc3nc(SCc4ccccc4)nn32)cc1Br. The van der Waals surface area contributed by atoms with E-state index in [1.807, 2.05) is 41.1 Å². The molecule has 0 saturated carbocycles. The summed E-state index contributed by atoms with van der Waals surface area (Å²) in [6.45, 7) is 0. The van der Waals surface area contributed by atoms with Crippen molar-refractivity contribution >= 4 is 39.4 Å². The van der Waals surface area contributed by atoms with E-state index in [1.54, 1.807) is 18.9 Å². The van der Waals surface area contributed by atoms with E-state index >= 15 is 0 Å². The largest absolute Gasteiger partial charge is 0.496 e. The van der Waals surface area contributed by atoms with Gasteiger partial charge in [-0.3, -0.25) is 4.79 Å². The van der Waals surface area contributed by atoms with Gasteiger partial charge >= 0.3 is 0 Å². The molecule has 0 saturated heterocycles. The van der Waals surface area contributed by atoms with Gasteiger partial charge in [-0.1, -0.05) is 48.2 Å². The minimum absolute atomic E-state index is 0.172. The molecule has 0 radical (unpaired) electrons. The van der Waals surface area contributed by atoms with E-state index in [4.69, 9.17) is 14.8 Å². The number of allylic oxidation sites excluding steroid dienone is 2. The van der Waals surface area contributed by atoms with Crippen LogP contribution in [0.5, 0.6) is 5.75 Å². The van der Waals surface area contributed by atoms with Gasteiger partial charge in [-0.2, -0.15) is 4.98 Å². The Balaban J connectivity index is 1.53. The molecule has 0 unspecified atom stereocenters. The summed E-state index contributed by atoms with van der Waals surface area (Å²) in [5.41, 5.74) is 3.95. The van der Waals surface area contributed by atoms with Gasteiger partial charge in [0.2, 0.25) is 11.1 Å². The second-order valence-corrected chi connectivity index (χ2v) is 9.32. The van der Waals surface area contributed by atoms with Gasteiger partial charge < -0.3 is 10.1 Å². The highest BCUT2D eigenvalue weighted by Crippen LogP contribution is 2.42. The Morgan fingerprint density at radius 3 is 2.84 bits per heavy atom. The van der Waals surface area contributed by atoms with Gasteiger partial charge in [-0.05, 0) is 52.0 Å². The quantitative estimate of drug-likeness (QED) is 0.479. The predicted octanol–water partition coefficient (Wildman–Crippen LogP) is 5.36. The molecule has 5 rings (SSSR count). The maximum absolute atomic E-state index is 12.9. The van der Waals surface area contributed by atoms with Gasteiger partial charge in [0.25, 0.3) is 0 Å². The number of halogens is 1. The molecule has 0 amide bonds. The molecule has 158 valence electrons. The van der Waals surface area contributed by atoms with E-state index in [0.29, 0.717) is 17.5 Å². The monoisotopic (exact) mass is 496 g/mol. The number of hydrogen-bond acceptors (Lipinski definition) is 6. The van der Waals surface area contributed by atoms with Crippen molar-refractivity contribution in [3.8, 4) is 5.75 Å². The molecule has 31 heavy (non-hydrogen) atoms. The van der Waals surface area contributed by atoms with Crippen molar-refractivity contribution in [1.29, 1.82) is 0 Å². The average Bonchev–Trinajstić information content (AvgIpc) is 3.19. The first-order valence-electron chi connectivity index (χ1n) is 10.1. The summed E-state index contributed by atoms with van der Waals surface area (Å²) in [4.78, 5) is 17.7. The number of ketones is 1. The minimum Gasteiger partial charge on any atom is -0.496 e. The number of fused-ring (bicyclic) bond motifs is 1. The topological polar surface area (TPSA) is 69.0 Å². The number of ether oxygens (including phenoxy) is 1. The van der Waals surface area contributed by atoms with Crippen LogP contribution >= 0.6 is 27.7 Å². The number of rotatable bonds is 5. The van der Waals surface area contributed by atoms with Crippen LogP contribution in [0.25, 0.3) is 0 Å². The summed E-state index contributed by atoms with van der Waals surface area (Å²) in [6, 6.07) is 15.9. The van der Waals surface area contributed by atoms with Gasteiger partial charge in [0, 0.05) is 23.4 Å². The number of nitrogens with one attached hydrogen (secondary N) is 1. The van der Waals surface area contributed by atoms with Gasteiger partial charge in [-0.25, -0.2) is 4.68 Å². The lowest BCUT2D eigenvalue weighted by molar-refractivity contribution is -0.116. The molecule has 6 nitrogen and oxygen atoms in total. The fourth-order valence-corrected chi connectivity index (χ4v) is 5.42. The van der Waals surface area contributed by atoms with Crippen molar-refractivity contribution in [3.05, 3.63) is 75.4 Å². The lowest BCUT2D eigenvalue weighted by atomic mass is 9.85. The highest BCUT2D eigenvalue weighted by Gasteiger charge is 2.37. The Morgan fingerprint density at radius 2 is 2.06 bits per heavy atom. The van der Waals surface area contributed by atoms with E-state index in [-0.39, 0.29) is 11.8 Å². The molecule has 1 N–H and O–H groups in total. The normalized spacial score (nSPS) is 17.7. The summed E-state index contributed by atoms with van der Waals surface area (Å²) in [7, 11) is 1.64. The second kappa shape index (κ2) is 8.51. The van der Waals surface area contributed by atoms with E-state index in [0.717, 1.165) is 45.7 Å². The van der Waals surface area contributed by atoms with Crippen LogP contribution in [0.3, 0.4) is 0 Å². The molecule has 2 heterocycles. The first-order valence-corrected chi connectivity index (χ1v) is 11.9. The molecule has 1 aromatic heterocycles. The number of thioether (sulfide) groups is 1. The van der Waals surface area contributed by atoms with Gasteiger partial charge in [0.1, 0.15) is 11.8 Å². The lowest BCUT2D eigenvalue weighted by Gasteiger charge is -2.32. The first kappa shape index (κ1) is 20.3. The van der Waals surface area contributed by atoms with Gasteiger partial charge in [0.05, 0.1) is 11.6 Å². The molecule has 0 spiro atoms. The van der Waals surface area contributed by atoms with E-state index in [1.165, 1.54) is 5.56 Å². The van der Waals surface area contributed by atoms with Crippen LogP contribution in [0.2, 0.25) is 0 Å². The molecule has 1 aliphatic carbocycles. The highest BCUT2D eigenvalue weighted by molar-refractivity contribution is 9.10. The summed E-state index contributed by atoms with van der Waals surface area (Å²) >= 11 is 5.17. The lowest BCUT2D eigenvalue weighted by Crippen LogP contribution is -2.31. The van der Waals surface area contributed by atoms with Gasteiger partial charge in [-0.15, -0.1) is 5.10 Å². The van der Waals surface area contributed by atoms with E-state index in [9.17, 15) is 4.79 Å². The number of aromatic nitrogens is 3. The maximum Gasteiger partial charge on any atom is 0.227 e. The van der Waals surface area contributed by atoms with Crippen LogP contribution in [-0.2, 0) is 10.5 Å². The third kappa shape index (κ3) is 3.90. The fourth-order valence-electron chi connectivity index (χ4n) is 4.08. The van der Waals surface area contributed by atoms with E-state index < -0.39 is 0 Å². The van der Waals surface area contributed by atoms with Crippen molar-refractivity contribution in [2.45, 2.75) is 36.2 Å². The molecule has 2 aliphatic rings. The second-order valence-electron chi connectivity index (χ2n) is 7.53. The highest BCUT2D eigenvalue weighted by atomic mass is 79.9. The molecular formula is C23H21BrN4O2S. The number of nitrogens with zero attached hydrogens (tertiary/aromatic N) is 3. The van der Waals surface area contributed by atoms with Crippen molar-refractivity contribution in [3.63, 3.8) is 0 Å². The van der Waals surface area contributed by atoms with Crippen molar-refractivity contribution in [2.75, 3.05) is 12.4 Å². The maximum atomic E-state index is 12.9. The van der Waals surface area contributed by atoms with Crippen LogP contribution in [0.4, 0.5) is 5.95 Å². The minimum atomic E-state index is -0.306. The summed E-state index contributed by atoms with van der Waals surface area (Å²) in [5, 5.41) is 8.87. The van der Waals surface area contributed by atoms with Crippen LogP contribution in [0, 0.1) is 0 Å². The number of methoxy groups -OCH3 is 1. The number of carbonyl (C=O) groups excluding carboxylic acids is 1. The number of anilines is 1. The predicted molar refractivity (Wildman–Crippen MR) is 124 cm³/mol. The third-order valence-corrected chi connectivity index (χ3v) is 7.08. The standard InChI is InChI=1S/C23H21BrN4O2S/c1-30-19-11-10-15(12-16(19)24)21-20-17(8-5-9-18(20)29)25-22-26-23(27-28(21)22)31-13-14-6-3-2-4-7-14/h2-4,6-7,10-12,21H,5,8-9,13H2,1H3,(H,25,26,27)/t21-/m0/s1. The molecule has 1 atom stereocenters. The number of hydrogen-bond donors (Lipinski definition) is 1. The van der Waals surface area contributed by atoms with Crippen molar-refractivity contribution < 1.29 is 9.53 Å². The molecular weight excluding hydrogens is 476 g/mol. The Morgan fingerprint density at radius 1 is 1.23 bits per heavy atom. The zero-order valence-corrected chi connectivity index (χ0v) is 19.4.